The van der Waals surface area contributed by atoms with Gasteiger partial charge < -0.3 is 5.73 Å². The van der Waals surface area contributed by atoms with Gasteiger partial charge in [-0.05, 0) is 46.7 Å². The molecule has 0 aliphatic rings. The van der Waals surface area contributed by atoms with E-state index in [4.69, 9.17) is 5.73 Å². The normalized spacial score (nSPS) is 10.8. The van der Waals surface area contributed by atoms with Gasteiger partial charge in [-0.3, -0.25) is 0 Å². The molecule has 0 bridgehead atoms. The van der Waals surface area contributed by atoms with E-state index < -0.39 is 0 Å². The summed E-state index contributed by atoms with van der Waals surface area (Å²) in [7, 11) is 0. The molecule has 3 aromatic rings. The highest BCUT2D eigenvalue weighted by Crippen LogP contribution is 2.24. The highest BCUT2D eigenvalue weighted by molar-refractivity contribution is 5.71. The summed E-state index contributed by atoms with van der Waals surface area (Å²) >= 11 is 0. The van der Waals surface area contributed by atoms with Crippen LogP contribution < -0.4 is 5.73 Å². The maximum Gasteiger partial charge on any atom is 0.184 e. The zero-order valence-electron chi connectivity index (χ0n) is 11.5. The lowest BCUT2D eigenvalue weighted by molar-refractivity contribution is 0.628. The second-order valence-corrected chi connectivity index (χ2v) is 4.82. The van der Waals surface area contributed by atoms with Gasteiger partial charge in [-0.1, -0.05) is 24.3 Å². The van der Waals surface area contributed by atoms with E-state index in [0.717, 1.165) is 11.1 Å². The third kappa shape index (κ3) is 2.60. The smallest absolute Gasteiger partial charge is 0.184 e. The minimum absolute atomic E-state index is 0.316. The molecule has 0 aliphatic carbocycles. The van der Waals surface area contributed by atoms with Crippen LogP contribution in [0.4, 0.5) is 10.1 Å². The lowest BCUT2D eigenvalue weighted by Crippen LogP contribution is -2.06. The molecule has 0 unspecified atom stereocenters. The number of aryl methyl sites for hydroxylation is 1. The Balaban J connectivity index is 2.00. The third-order valence-corrected chi connectivity index (χ3v) is 3.37. The monoisotopic (exact) mass is 283 g/mol. The van der Waals surface area contributed by atoms with Gasteiger partial charge >= 0.3 is 0 Å². The van der Waals surface area contributed by atoms with E-state index in [0.29, 0.717) is 23.6 Å². The average molecular weight is 283 g/mol. The molecule has 0 fully saturated rings. The van der Waals surface area contributed by atoms with Crippen molar-refractivity contribution in [3.8, 4) is 11.4 Å². The SMILES string of the molecule is Cc1ccccc1Cn1nnnc1-c1ccc(F)cc1N. The van der Waals surface area contributed by atoms with Crippen molar-refractivity contribution in [2.24, 2.45) is 0 Å². The van der Waals surface area contributed by atoms with Crippen molar-refractivity contribution in [1.82, 2.24) is 20.2 Å². The second kappa shape index (κ2) is 5.32. The van der Waals surface area contributed by atoms with Gasteiger partial charge in [0.05, 0.1) is 6.54 Å². The Kier molecular flexibility index (Phi) is 3.35. The zero-order chi connectivity index (χ0) is 14.8. The van der Waals surface area contributed by atoms with E-state index in [1.54, 1.807) is 10.7 Å². The van der Waals surface area contributed by atoms with Crippen molar-refractivity contribution in [1.29, 1.82) is 0 Å². The number of halogens is 1. The summed E-state index contributed by atoms with van der Waals surface area (Å²) in [6.07, 6.45) is 0. The van der Waals surface area contributed by atoms with Crippen molar-refractivity contribution < 1.29 is 4.39 Å². The van der Waals surface area contributed by atoms with Crippen LogP contribution in [0.2, 0.25) is 0 Å². The molecule has 1 heterocycles. The van der Waals surface area contributed by atoms with Crippen LogP contribution in [0.5, 0.6) is 0 Å². The van der Waals surface area contributed by atoms with E-state index in [-0.39, 0.29) is 5.82 Å². The van der Waals surface area contributed by atoms with Crippen molar-refractivity contribution in [2.75, 3.05) is 5.73 Å². The maximum atomic E-state index is 13.2. The van der Waals surface area contributed by atoms with Crippen molar-refractivity contribution in [2.45, 2.75) is 13.5 Å². The lowest BCUT2D eigenvalue weighted by atomic mass is 10.1. The zero-order valence-corrected chi connectivity index (χ0v) is 11.5. The van der Waals surface area contributed by atoms with Crippen LogP contribution >= 0.6 is 0 Å². The number of hydrogen-bond acceptors (Lipinski definition) is 4. The Morgan fingerprint density at radius 2 is 2.00 bits per heavy atom. The van der Waals surface area contributed by atoms with E-state index >= 15 is 0 Å². The molecule has 0 amide bonds. The first kappa shape index (κ1) is 13.2. The standard InChI is InChI=1S/C15H14FN5/c1-10-4-2-3-5-11(10)9-21-15(18-19-20-21)13-7-6-12(16)8-14(13)17/h2-8H,9,17H2,1H3. The van der Waals surface area contributed by atoms with Crippen LogP contribution in [0, 0.1) is 12.7 Å². The fourth-order valence-electron chi connectivity index (χ4n) is 2.19. The third-order valence-electron chi connectivity index (χ3n) is 3.37. The predicted molar refractivity (Wildman–Crippen MR) is 77.9 cm³/mol. The number of rotatable bonds is 3. The van der Waals surface area contributed by atoms with E-state index in [9.17, 15) is 4.39 Å². The summed E-state index contributed by atoms with van der Waals surface area (Å²) in [5, 5.41) is 11.7. The Bertz CT molecular complexity index is 781. The molecule has 106 valence electrons. The van der Waals surface area contributed by atoms with Crippen LogP contribution in [-0.2, 0) is 6.54 Å². The molecule has 0 atom stereocenters. The number of nitrogens with two attached hydrogens (primary N) is 1. The predicted octanol–water partition coefficient (Wildman–Crippen LogP) is 2.42. The molecule has 2 N–H and O–H groups in total. The van der Waals surface area contributed by atoms with Crippen molar-refractivity contribution >= 4 is 5.69 Å². The van der Waals surface area contributed by atoms with Crippen LogP contribution in [-0.4, -0.2) is 20.2 Å². The molecule has 3 rings (SSSR count). The lowest BCUT2D eigenvalue weighted by Gasteiger charge is -2.09. The Labute approximate surface area is 121 Å². The van der Waals surface area contributed by atoms with E-state index in [2.05, 4.69) is 15.5 Å². The maximum absolute atomic E-state index is 13.2. The molecule has 1 aromatic heterocycles. The number of benzene rings is 2. The number of nitrogens with zero attached hydrogens (tertiary/aromatic N) is 4. The van der Waals surface area contributed by atoms with Crippen molar-refractivity contribution in [3.05, 3.63) is 59.4 Å². The summed E-state index contributed by atoms with van der Waals surface area (Å²) in [6, 6.07) is 12.2. The Morgan fingerprint density at radius 3 is 2.76 bits per heavy atom. The van der Waals surface area contributed by atoms with Gasteiger partial charge in [0.1, 0.15) is 5.82 Å². The Morgan fingerprint density at radius 1 is 1.19 bits per heavy atom. The summed E-state index contributed by atoms with van der Waals surface area (Å²) in [5.41, 5.74) is 9.07. The summed E-state index contributed by atoms with van der Waals surface area (Å²) < 4.78 is 14.8. The highest BCUT2D eigenvalue weighted by Gasteiger charge is 2.13. The first-order valence-corrected chi connectivity index (χ1v) is 6.51. The van der Waals surface area contributed by atoms with Gasteiger partial charge in [0, 0.05) is 11.3 Å². The molecular formula is C15H14FN5. The molecule has 21 heavy (non-hydrogen) atoms. The van der Waals surface area contributed by atoms with Gasteiger partial charge in [0.15, 0.2) is 5.82 Å². The molecule has 5 nitrogen and oxygen atoms in total. The number of hydrogen-bond donors (Lipinski definition) is 1. The first-order chi connectivity index (χ1) is 10.1. The fourth-order valence-corrected chi connectivity index (χ4v) is 2.19. The van der Waals surface area contributed by atoms with Crippen molar-refractivity contribution in [3.63, 3.8) is 0 Å². The largest absolute Gasteiger partial charge is 0.398 e. The summed E-state index contributed by atoms with van der Waals surface area (Å²) in [5.74, 6) is 0.143. The van der Waals surface area contributed by atoms with E-state index in [1.807, 2.05) is 31.2 Å². The molecule has 0 saturated carbocycles. The number of aromatic nitrogens is 4. The second-order valence-electron chi connectivity index (χ2n) is 4.82. The topological polar surface area (TPSA) is 69.6 Å². The summed E-state index contributed by atoms with van der Waals surface area (Å²) in [6.45, 7) is 2.57. The van der Waals surface area contributed by atoms with Crippen LogP contribution in [0.1, 0.15) is 11.1 Å². The van der Waals surface area contributed by atoms with Gasteiger partial charge in [-0.15, -0.1) is 5.10 Å². The quantitative estimate of drug-likeness (QED) is 0.749. The Hall–Kier alpha value is -2.76. The minimum Gasteiger partial charge on any atom is -0.398 e. The van der Waals surface area contributed by atoms with Crippen LogP contribution in [0.15, 0.2) is 42.5 Å². The number of tetrazole rings is 1. The molecule has 6 heteroatoms. The molecular weight excluding hydrogens is 269 g/mol. The van der Waals surface area contributed by atoms with Crippen LogP contribution in [0.25, 0.3) is 11.4 Å². The van der Waals surface area contributed by atoms with Gasteiger partial charge in [-0.25, -0.2) is 9.07 Å². The molecule has 0 saturated heterocycles. The molecule has 0 radical (unpaired) electrons. The first-order valence-electron chi connectivity index (χ1n) is 6.51. The fraction of sp³-hybridized carbons (Fsp3) is 0.133. The van der Waals surface area contributed by atoms with E-state index in [1.165, 1.54) is 12.1 Å². The van der Waals surface area contributed by atoms with Gasteiger partial charge in [0.25, 0.3) is 0 Å². The highest BCUT2D eigenvalue weighted by atomic mass is 19.1. The molecule has 2 aromatic carbocycles. The number of nitrogen functional groups attached to an aromatic ring is 1. The average Bonchev–Trinajstić information content (AvgIpc) is 2.89. The van der Waals surface area contributed by atoms with Gasteiger partial charge in [0.2, 0.25) is 0 Å². The van der Waals surface area contributed by atoms with Gasteiger partial charge in [-0.2, -0.15) is 0 Å². The molecule has 0 spiro atoms. The summed E-state index contributed by atoms with van der Waals surface area (Å²) in [4.78, 5) is 0. The van der Waals surface area contributed by atoms with Crippen LogP contribution in [0.3, 0.4) is 0 Å². The number of anilines is 1. The minimum atomic E-state index is -0.380. The molecule has 0 aliphatic heterocycles.